The third-order valence-electron chi connectivity index (χ3n) is 5.02. The number of halogens is 2. The average Bonchev–Trinajstić information content (AvgIpc) is 2.63. The van der Waals surface area contributed by atoms with Crippen molar-refractivity contribution in [2.45, 2.75) is 18.6 Å². The number of pyridine rings is 1. The van der Waals surface area contributed by atoms with Crippen molar-refractivity contribution in [2.24, 2.45) is 0 Å². The van der Waals surface area contributed by atoms with E-state index >= 15 is 0 Å². The molecule has 0 aliphatic carbocycles. The molecular formula is C20H16F2N2O2S. The fraction of sp³-hybridized carbons (Fsp3) is 0.150. The minimum atomic E-state index is -3.88. The van der Waals surface area contributed by atoms with Crippen LogP contribution in [0.15, 0.2) is 55.2 Å². The summed E-state index contributed by atoms with van der Waals surface area (Å²) in [5.74, 6) is -2.06. The summed E-state index contributed by atoms with van der Waals surface area (Å²) >= 11 is 0. The van der Waals surface area contributed by atoms with Crippen LogP contribution < -0.4 is 4.31 Å². The van der Waals surface area contributed by atoms with E-state index in [2.05, 4.69) is 11.6 Å². The molecule has 0 atom stereocenters. The lowest BCUT2D eigenvalue weighted by Gasteiger charge is -2.41. The smallest absolute Gasteiger partial charge is 0.248 e. The highest BCUT2D eigenvalue weighted by Crippen LogP contribution is 2.48. The summed E-state index contributed by atoms with van der Waals surface area (Å²) in [4.78, 5) is 3.98. The van der Waals surface area contributed by atoms with Gasteiger partial charge in [-0.05, 0) is 43.7 Å². The van der Waals surface area contributed by atoms with Crippen molar-refractivity contribution >= 4 is 37.9 Å². The van der Waals surface area contributed by atoms with Gasteiger partial charge in [0, 0.05) is 10.9 Å². The van der Waals surface area contributed by atoms with E-state index in [9.17, 15) is 17.2 Å². The minimum absolute atomic E-state index is 0.148. The number of para-hydroxylation sites is 1. The molecule has 0 saturated carbocycles. The van der Waals surface area contributed by atoms with Crippen molar-refractivity contribution in [3.63, 3.8) is 0 Å². The van der Waals surface area contributed by atoms with E-state index in [1.54, 1.807) is 26.0 Å². The van der Waals surface area contributed by atoms with Crippen molar-refractivity contribution in [2.75, 3.05) is 4.31 Å². The van der Waals surface area contributed by atoms with E-state index in [1.807, 2.05) is 12.1 Å². The molecule has 2 aromatic carbocycles. The third kappa shape index (κ3) is 2.31. The number of anilines is 2. The molecular weight excluding hydrogens is 370 g/mol. The van der Waals surface area contributed by atoms with Crippen molar-refractivity contribution in [1.29, 1.82) is 0 Å². The van der Waals surface area contributed by atoms with Crippen LogP contribution in [0.25, 0.3) is 16.5 Å². The van der Waals surface area contributed by atoms with Crippen molar-refractivity contribution in [3.05, 3.63) is 72.4 Å². The Labute approximate surface area is 155 Å². The molecule has 0 spiro atoms. The molecule has 4 nitrogen and oxygen atoms in total. The van der Waals surface area contributed by atoms with Crippen LogP contribution in [-0.2, 0) is 10.0 Å². The monoisotopic (exact) mass is 386 g/mol. The Morgan fingerprint density at radius 1 is 1.11 bits per heavy atom. The van der Waals surface area contributed by atoms with Crippen LogP contribution in [-0.4, -0.2) is 18.1 Å². The largest absolute Gasteiger partial charge is 0.251 e. The lowest BCUT2D eigenvalue weighted by molar-refractivity contribution is 0.515. The maximum absolute atomic E-state index is 14.0. The van der Waals surface area contributed by atoms with E-state index in [0.29, 0.717) is 22.2 Å². The first-order valence-corrected chi connectivity index (χ1v) is 9.67. The minimum Gasteiger partial charge on any atom is -0.251 e. The summed E-state index contributed by atoms with van der Waals surface area (Å²) in [6.07, 6.45) is 1.24. The van der Waals surface area contributed by atoms with Gasteiger partial charge >= 0.3 is 0 Å². The fourth-order valence-corrected chi connectivity index (χ4v) is 4.94. The molecule has 7 heteroatoms. The fourth-order valence-electron chi connectivity index (χ4n) is 3.26. The van der Waals surface area contributed by atoms with Gasteiger partial charge in [0.05, 0.1) is 17.6 Å². The zero-order chi connectivity index (χ0) is 19.6. The molecule has 4 rings (SSSR count). The highest BCUT2D eigenvalue weighted by atomic mass is 32.2. The Hall–Kier alpha value is -2.80. The van der Waals surface area contributed by atoms with Crippen LogP contribution in [0.1, 0.15) is 19.4 Å². The molecule has 1 aliphatic rings. The summed E-state index contributed by atoms with van der Waals surface area (Å²) in [6.45, 7) is 7.18. The van der Waals surface area contributed by atoms with Gasteiger partial charge in [-0.1, -0.05) is 24.8 Å². The predicted molar refractivity (Wildman–Crippen MR) is 102 cm³/mol. The topological polar surface area (TPSA) is 50.3 Å². The van der Waals surface area contributed by atoms with E-state index in [-0.39, 0.29) is 11.2 Å². The van der Waals surface area contributed by atoms with Crippen molar-refractivity contribution < 1.29 is 17.2 Å². The molecule has 0 fully saturated rings. The standard InChI is InChI=1S/C20H16F2N2O2S/c1-12-15-6-4-5-7-17(15)24(27(25,26)20(12,2)3)14-10-13-8-9-16(21)18(22)19(13)23-11-14/h4-11H,1H2,2-3H3. The quantitative estimate of drug-likeness (QED) is 0.604. The van der Waals surface area contributed by atoms with E-state index in [0.717, 1.165) is 6.07 Å². The number of hydrogen-bond donors (Lipinski definition) is 0. The van der Waals surface area contributed by atoms with Gasteiger partial charge in [0.15, 0.2) is 11.6 Å². The number of sulfonamides is 1. The summed E-state index contributed by atoms with van der Waals surface area (Å²) in [5.41, 5.74) is 1.76. The van der Waals surface area contributed by atoms with Gasteiger partial charge in [0.25, 0.3) is 0 Å². The van der Waals surface area contributed by atoms with Gasteiger partial charge in [0.1, 0.15) is 10.3 Å². The Morgan fingerprint density at radius 2 is 1.81 bits per heavy atom. The number of benzene rings is 2. The van der Waals surface area contributed by atoms with E-state index in [4.69, 9.17) is 0 Å². The normalized spacial score (nSPS) is 17.8. The van der Waals surface area contributed by atoms with Gasteiger partial charge in [-0.3, -0.25) is 4.98 Å². The second-order valence-electron chi connectivity index (χ2n) is 6.90. The highest BCUT2D eigenvalue weighted by molar-refractivity contribution is 7.95. The molecule has 138 valence electrons. The second-order valence-corrected chi connectivity index (χ2v) is 9.24. The van der Waals surface area contributed by atoms with Gasteiger partial charge in [0.2, 0.25) is 10.0 Å². The molecule has 0 unspecified atom stereocenters. The molecule has 27 heavy (non-hydrogen) atoms. The van der Waals surface area contributed by atoms with Gasteiger partial charge < -0.3 is 0 Å². The van der Waals surface area contributed by atoms with E-state index in [1.165, 1.54) is 22.6 Å². The molecule has 0 radical (unpaired) electrons. The summed E-state index contributed by atoms with van der Waals surface area (Å²) in [5, 5.41) is 0.307. The van der Waals surface area contributed by atoms with Gasteiger partial charge in [-0.25, -0.2) is 21.5 Å². The van der Waals surface area contributed by atoms with Crippen LogP contribution in [0.2, 0.25) is 0 Å². The Balaban J connectivity index is 2.02. The van der Waals surface area contributed by atoms with Crippen LogP contribution in [0.4, 0.5) is 20.2 Å². The van der Waals surface area contributed by atoms with Crippen LogP contribution in [0, 0.1) is 11.6 Å². The molecule has 0 amide bonds. The van der Waals surface area contributed by atoms with Crippen LogP contribution >= 0.6 is 0 Å². The third-order valence-corrected chi connectivity index (χ3v) is 7.45. The first kappa shape index (κ1) is 17.6. The number of fused-ring (bicyclic) bond motifs is 2. The van der Waals surface area contributed by atoms with Crippen LogP contribution in [0.5, 0.6) is 0 Å². The SMILES string of the molecule is C=C1c2ccccc2N(c2cnc3c(F)c(F)ccc3c2)S(=O)(=O)C1(C)C. The molecule has 0 N–H and O–H groups in total. The second kappa shape index (κ2) is 5.60. The lowest BCUT2D eigenvalue weighted by atomic mass is 9.94. The van der Waals surface area contributed by atoms with Crippen molar-refractivity contribution in [3.8, 4) is 0 Å². The maximum Gasteiger partial charge on any atom is 0.248 e. The van der Waals surface area contributed by atoms with Crippen molar-refractivity contribution in [1.82, 2.24) is 4.98 Å². The predicted octanol–water partition coefficient (Wildman–Crippen LogP) is 4.79. The molecule has 0 saturated heterocycles. The Bertz CT molecular complexity index is 1220. The Morgan fingerprint density at radius 3 is 2.56 bits per heavy atom. The van der Waals surface area contributed by atoms with E-state index < -0.39 is 26.4 Å². The molecule has 0 bridgehead atoms. The molecule has 2 heterocycles. The summed E-state index contributed by atoms with van der Waals surface area (Å²) in [6, 6.07) is 10.9. The first-order valence-electron chi connectivity index (χ1n) is 8.23. The maximum atomic E-state index is 14.0. The lowest BCUT2D eigenvalue weighted by Crippen LogP contribution is -2.46. The van der Waals surface area contributed by atoms with Gasteiger partial charge in [-0.2, -0.15) is 0 Å². The van der Waals surface area contributed by atoms with Gasteiger partial charge in [-0.15, -0.1) is 0 Å². The zero-order valence-electron chi connectivity index (χ0n) is 14.7. The Kier molecular flexibility index (Phi) is 3.65. The summed E-state index contributed by atoms with van der Waals surface area (Å²) in [7, 11) is -3.88. The number of nitrogens with zero attached hydrogens (tertiary/aromatic N) is 2. The number of hydrogen-bond acceptors (Lipinski definition) is 3. The molecule has 1 aromatic heterocycles. The molecule has 1 aliphatic heterocycles. The summed E-state index contributed by atoms with van der Waals surface area (Å²) < 4.78 is 54.1. The number of aromatic nitrogens is 1. The highest BCUT2D eigenvalue weighted by Gasteiger charge is 2.48. The zero-order valence-corrected chi connectivity index (χ0v) is 15.5. The first-order chi connectivity index (χ1) is 12.7. The average molecular weight is 386 g/mol. The number of rotatable bonds is 1. The molecule has 3 aromatic rings. The van der Waals surface area contributed by atoms with Crippen LogP contribution in [0.3, 0.4) is 0 Å².